The second-order valence-corrected chi connectivity index (χ2v) is 7.10. The summed E-state index contributed by atoms with van der Waals surface area (Å²) in [4.78, 5) is 0. The molecule has 0 spiro atoms. The molecule has 2 aromatic carbocycles. The highest BCUT2D eigenvalue weighted by Gasteiger charge is 2.11. The Morgan fingerprint density at radius 2 is 1.52 bits per heavy atom. The third kappa shape index (κ3) is 4.85. The molecule has 3 rings (SSSR count). The molecule has 0 saturated heterocycles. The van der Waals surface area contributed by atoms with Crippen LogP contribution >= 0.6 is 23.2 Å². The van der Waals surface area contributed by atoms with Crippen molar-refractivity contribution in [2.24, 2.45) is 7.05 Å². The summed E-state index contributed by atoms with van der Waals surface area (Å²) in [7, 11) is 1.88. The molecule has 0 fully saturated rings. The molecule has 4 nitrogen and oxygen atoms in total. The highest BCUT2D eigenvalue weighted by atomic mass is 35.5. The van der Waals surface area contributed by atoms with Gasteiger partial charge in [0, 0.05) is 12.6 Å². The highest BCUT2D eigenvalue weighted by molar-refractivity contribution is 6.55. The second kappa shape index (κ2) is 8.51. The molecule has 0 radical (unpaired) electrons. The average Bonchev–Trinajstić information content (AvgIpc) is 2.89. The quantitative estimate of drug-likeness (QED) is 0.492. The van der Waals surface area contributed by atoms with Gasteiger partial charge in [0.05, 0.1) is 5.69 Å². The van der Waals surface area contributed by atoms with Gasteiger partial charge in [0.25, 0.3) is 0 Å². The molecular formula is C21H20Cl2N2O2. The first kappa shape index (κ1) is 19.3. The van der Waals surface area contributed by atoms with Crippen molar-refractivity contribution in [3.05, 3.63) is 70.4 Å². The predicted octanol–water partition coefficient (Wildman–Crippen LogP) is 6.19. The number of aromatic nitrogens is 2. The van der Waals surface area contributed by atoms with Crippen LogP contribution in [0.15, 0.2) is 59.1 Å². The van der Waals surface area contributed by atoms with E-state index in [0.717, 1.165) is 39.8 Å². The number of rotatable bonds is 6. The van der Waals surface area contributed by atoms with E-state index in [4.69, 9.17) is 32.7 Å². The molecule has 0 atom stereocenters. The van der Waals surface area contributed by atoms with Gasteiger partial charge in [0.2, 0.25) is 5.88 Å². The van der Waals surface area contributed by atoms with E-state index in [1.54, 1.807) is 10.8 Å². The molecule has 0 N–H and O–H groups in total. The second-order valence-electron chi connectivity index (χ2n) is 6.09. The Balaban J connectivity index is 1.69. The molecule has 1 heterocycles. The Kier molecular flexibility index (Phi) is 6.09. The van der Waals surface area contributed by atoms with Gasteiger partial charge in [-0.15, -0.1) is 0 Å². The first-order valence-corrected chi connectivity index (χ1v) is 9.22. The van der Waals surface area contributed by atoms with Crippen LogP contribution in [0.25, 0.3) is 11.1 Å². The lowest BCUT2D eigenvalue weighted by molar-refractivity contribution is 0.363. The maximum Gasteiger partial charge on any atom is 0.220 e. The van der Waals surface area contributed by atoms with E-state index in [0.29, 0.717) is 6.61 Å². The van der Waals surface area contributed by atoms with E-state index >= 15 is 0 Å². The number of aryl methyl sites for hydroxylation is 2. The van der Waals surface area contributed by atoms with Crippen LogP contribution in [0.1, 0.15) is 11.3 Å². The van der Waals surface area contributed by atoms with Crippen LogP contribution < -0.4 is 9.47 Å². The molecule has 0 saturated carbocycles. The van der Waals surface area contributed by atoms with Crippen LogP contribution in [0.5, 0.6) is 17.4 Å². The van der Waals surface area contributed by atoms with Crippen molar-refractivity contribution in [3.8, 4) is 28.5 Å². The average molecular weight is 403 g/mol. The minimum absolute atomic E-state index is 0.199. The summed E-state index contributed by atoms with van der Waals surface area (Å²) in [6.45, 7) is 4.31. The van der Waals surface area contributed by atoms with Gasteiger partial charge in [0.15, 0.2) is 0 Å². The van der Waals surface area contributed by atoms with E-state index < -0.39 is 0 Å². The molecular weight excluding hydrogens is 383 g/mol. The van der Waals surface area contributed by atoms with Gasteiger partial charge in [-0.3, -0.25) is 0 Å². The van der Waals surface area contributed by atoms with Crippen molar-refractivity contribution in [1.82, 2.24) is 9.78 Å². The minimum Gasteiger partial charge on any atom is -0.489 e. The van der Waals surface area contributed by atoms with Crippen molar-refractivity contribution in [2.45, 2.75) is 13.8 Å². The van der Waals surface area contributed by atoms with Crippen LogP contribution in [0, 0.1) is 13.8 Å². The summed E-state index contributed by atoms with van der Waals surface area (Å²) in [5.74, 6) is 2.29. The number of benzene rings is 2. The molecule has 3 aromatic rings. The monoisotopic (exact) mass is 402 g/mol. The van der Waals surface area contributed by atoms with Gasteiger partial charge in [-0.25, -0.2) is 4.68 Å². The summed E-state index contributed by atoms with van der Waals surface area (Å²) in [5.41, 5.74) is 4.19. The fraction of sp³-hybridized carbons (Fsp3) is 0.190. The Morgan fingerprint density at radius 3 is 2.00 bits per heavy atom. The molecule has 0 amide bonds. The van der Waals surface area contributed by atoms with E-state index in [9.17, 15) is 0 Å². The molecule has 0 aliphatic carbocycles. The first-order chi connectivity index (χ1) is 12.9. The predicted molar refractivity (Wildman–Crippen MR) is 110 cm³/mol. The summed E-state index contributed by atoms with van der Waals surface area (Å²) in [6.07, 6.45) is 1.60. The number of halogens is 2. The summed E-state index contributed by atoms with van der Waals surface area (Å²) >= 11 is 11.1. The number of ether oxygens (including phenoxy) is 2. The summed E-state index contributed by atoms with van der Waals surface area (Å²) in [5, 5.41) is 4.37. The van der Waals surface area contributed by atoms with E-state index in [-0.39, 0.29) is 4.49 Å². The van der Waals surface area contributed by atoms with E-state index in [1.165, 1.54) is 0 Å². The van der Waals surface area contributed by atoms with Crippen LogP contribution in [-0.4, -0.2) is 16.4 Å². The molecule has 1 aromatic heterocycles. The Hall–Kier alpha value is -2.43. The van der Waals surface area contributed by atoms with Gasteiger partial charge in [0.1, 0.15) is 22.6 Å². The van der Waals surface area contributed by atoms with Gasteiger partial charge in [-0.1, -0.05) is 47.5 Å². The Morgan fingerprint density at radius 1 is 0.963 bits per heavy atom. The van der Waals surface area contributed by atoms with E-state index in [1.807, 2.05) is 69.4 Å². The first-order valence-electron chi connectivity index (χ1n) is 8.46. The van der Waals surface area contributed by atoms with Crippen molar-refractivity contribution < 1.29 is 9.47 Å². The summed E-state index contributed by atoms with van der Waals surface area (Å²) < 4.78 is 13.5. The molecule has 0 unspecified atom stereocenters. The molecule has 27 heavy (non-hydrogen) atoms. The lowest BCUT2D eigenvalue weighted by atomic mass is 10.1. The van der Waals surface area contributed by atoms with E-state index in [2.05, 4.69) is 5.10 Å². The third-order valence-corrected chi connectivity index (χ3v) is 4.51. The topological polar surface area (TPSA) is 36.3 Å². The van der Waals surface area contributed by atoms with Gasteiger partial charge in [-0.2, -0.15) is 5.10 Å². The third-order valence-electron chi connectivity index (χ3n) is 4.20. The van der Waals surface area contributed by atoms with Crippen molar-refractivity contribution in [2.75, 3.05) is 6.61 Å². The lowest BCUT2D eigenvalue weighted by Gasteiger charge is -2.09. The van der Waals surface area contributed by atoms with Crippen LogP contribution in [0.2, 0.25) is 0 Å². The molecule has 0 aliphatic rings. The maximum atomic E-state index is 5.99. The maximum absolute atomic E-state index is 5.99. The molecule has 0 aliphatic heterocycles. The SMILES string of the molecule is Cc1nn(C)c(Oc2ccc(-c3ccc(OCC=C(Cl)Cl)cc3)cc2)c1C. The standard InChI is InChI=1S/C21H20Cl2N2O2/c1-14-15(2)24-25(3)21(14)27-19-10-6-17(7-11-19)16-4-8-18(9-5-16)26-13-12-20(22)23/h4-12H,13H2,1-3H3. The zero-order valence-corrected chi connectivity index (χ0v) is 16.9. The van der Waals surface area contributed by atoms with Gasteiger partial charge >= 0.3 is 0 Å². The highest BCUT2D eigenvalue weighted by Crippen LogP contribution is 2.29. The minimum atomic E-state index is 0.199. The fourth-order valence-corrected chi connectivity index (χ4v) is 2.78. The van der Waals surface area contributed by atoms with Crippen LogP contribution in [-0.2, 0) is 7.05 Å². The number of nitrogens with zero attached hydrogens (tertiary/aromatic N) is 2. The largest absolute Gasteiger partial charge is 0.489 e. The van der Waals surface area contributed by atoms with Crippen molar-refractivity contribution in [3.63, 3.8) is 0 Å². The Bertz CT molecular complexity index is 942. The smallest absolute Gasteiger partial charge is 0.220 e. The number of hydrogen-bond acceptors (Lipinski definition) is 3. The Labute approximate surface area is 168 Å². The normalized spacial score (nSPS) is 10.6. The van der Waals surface area contributed by atoms with Gasteiger partial charge < -0.3 is 9.47 Å². The summed E-state index contributed by atoms with van der Waals surface area (Å²) in [6, 6.07) is 15.8. The zero-order valence-electron chi connectivity index (χ0n) is 15.4. The van der Waals surface area contributed by atoms with Crippen molar-refractivity contribution >= 4 is 23.2 Å². The number of hydrogen-bond donors (Lipinski definition) is 0. The fourth-order valence-electron chi connectivity index (χ4n) is 2.66. The van der Waals surface area contributed by atoms with Crippen molar-refractivity contribution in [1.29, 1.82) is 0 Å². The van der Waals surface area contributed by atoms with Crippen LogP contribution in [0.3, 0.4) is 0 Å². The lowest BCUT2D eigenvalue weighted by Crippen LogP contribution is -1.96. The molecule has 140 valence electrons. The molecule has 0 bridgehead atoms. The van der Waals surface area contributed by atoms with Gasteiger partial charge in [-0.05, 0) is 55.3 Å². The zero-order chi connectivity index (χ0) is 19.4. The van der Waals surface area contributed by atoms with Crippen LogP contribution in [0.4, 0.5) is 0 Å². The molecule has 6 heteroatoms.